The molecule has 2 aromatic rings. The Balaban J connectivity index is 2.17. The Kier molecular flexibility index (Phi) is 8.29. The van der Waals surface area contributed by atoms with Gasteiger partial charge in [-0.2, -0.15) is 0 Å². The zero-order valence-electron chi connectivity index (χ0n) is 21.8. The number of nitrogens with zero attached hydrogens (tertiary/aromatic N) is 1. The van der Waals surface area contributed by atoms with Gasteiger partial charge in [0.2, 0.25) is 0 Å². The number of benzene rings is 1. The Morgan fingerprint density at radius 3 is 2.51 bits per heavy atom. The van der Waals surface area contributed by atoms with Gasteiger partial charge in [-0.05, 0) is 79.0 Å². The number of aryl methyl sites for hydroxylation is 1. The fourth-order valence-electron chi connectivity index (χ4n) is 4.52. The maximum absolute atomic E-state index is 13.3. The van der Waals surface area contributed by atoms with E-state index in [1.54, 1.807) is 37.5 Å². The maximum Gasteiger partial charge on any atom is 0.192 e. The van der Waals surface area contributed by atoms with Crippen molar-refractivity contribution in [3.05, 3.63) is 64.3 Å². The summed E-state index contributed by atoms with van der Waals surface area (Å²) in [6.45, 7) is 16.8. The van der Waals surface area contributed by atoms with Gasteiger partial charge in [0.15, 0.2) is 11.6 Å². The van der Waals surface area contributed by atoms with Crippen molar-refractivity contribution in [2.45, 2.75) is 48.0 Å². The summed E-state index contributed by atoms with van der Waals surface area (Å²) in [5.74, 6) is 0.187. The molecule has 0 saturated heterocycles. The molecule has 5 nitrogen and oxygen atoms in total. The molecule has 1 aliphatic carbocycles. The van der Waals surface area contributed by atoms with Crippen LogP contribution in [0.5, 0.6) is 5.75 Å². The van der Waals surface area contributed by atoms with Crippen molar-refractivity contribution in [3.8, 4) is 16.2 Å². The fourth-order valence-corrected chi connectivity index (χ4v) is 5.32. The van der Waals surface area contributed by atoms with Gasteiger partial charge in [0.1, 0.15) is 12.4 Å². The second-order valence-electron chi connectivity index (χ2n) is 9.79. The zero-order valence-corrected chi connectivity index (χ0v) is 22.6. The number of aromatic nitrogens is 1. The first kappa shape index (κ1) is 26.8. The van der Waals surface area contributed by atoms with Crippen molar-refractivity contribution >= 4 is 28.5 Å². The summed E-state index contributed by atoms with van der Waals surface area (Å²) in [4.78, 5) is 31.3. The molecule has 0 radical (unpaired) electrons. The Labute approximate surface area is 212 Å². The first-order valence-corrected chi connectivity index (χ1v) is 12.7. The molecule has 0 amide bonds. The number of hydrogen-bond donors (Lipinski definition) is 0. The van der Waals surface area contributed by atoms with Gasteiger partial charge in [-0.15, -0.1) is 11.3 Å². The SMILES string of the molecule is C=C1/C(=C\C(=O)/C(=C\C)C(=O)COCC)c2cc(OC)c(-c3cnc(C)s3)cc2CC1C(C)(C)C. The van der Waals surface area contributed by atoms with E-state index in [-0.39, 0.29) is 35.1 Å². The molecule has 0 fully saturated rings. The molecule has 0 aliphatic heterocycles. The Morgan fingerprint density at radius 2 is 1.97 bits per heavy atom. The number of ether oxygens (including phenoxy) is 2. The van der Waals surface area contributed by atoms with E-state index in [1.807, 2.05) is 26.1 Å². The monoisotopic (exact) mass is 493 g/mol. The molecule has 1 aliphatic rings. The third kappa shape index (κ3) is 5.71. The molecule has 1 atom stereocenters. The van der Waals surface area contributed by atoms with E-state index in [0.717, 1.165) is 44.1 Å². The van der Waals surface area contributed by atoms with Crippen molar-refractivity contribution in [1.82, 2.24) is 4.98 Å². The van der Waals surface area contributed by atoms with Gasteiger partial charge in [-0.3, -0.25) is 9.59 Å². The number of thiazole rings is 1. The molecule has 0 N–H and O–H groups in total. The Hall–Kier alpha value is -2.83. The molecular formula is C29H35NO4S. The predicted octanol–water partition coefficient (Wildman–Crippen LogP) is 6.41. The highest BCUT2D eigenvalue weighted by molar-refractivity contribution is 7.15. The van der Waals surface area contributed by atoms with Crippen molar-refractivity contribution < 1.29 is 19.1 Å². The summed E-state index contributed by atoms with van der Waals surface area (Å²) in [5, 5.41) is 0.988. The van der Waals surface area contributed by atoms with E-state index in [1.165, 1.54) is 0 Å². The molecule has 3 rings (SSSR count). The van der Waals surface area contributed by atoms with E-state index in [4.69, 9.17) is 9.47 Å². The van der Waals surface area contributed by atoms with Crippen LogP contribution in [0.25, 0.3) is 16.0 Å². The average Bonchev–Trinajstić information content (AvgIpc) is 3.24. The van der Waals surface area contributed by atoms with E-state index >= 15 is 0 Å². The third-order valence-corrected chi connectivity index (χ3v) is 7.35. The van der Waals surface area contributed by atoms with Gasteiger partial charge in [0.25, 0.3) is 0 Å². The first-order valence-electron chi connectivity index (χ1n) is 11.9. The number of Topliss-reactive ketones (excluding diaryl/α,β-unsaturated/α-hetero) is 1. The second kappa shape index (κ2) is 10.8. The summed E-state index contributed by atoms with van der Waals surface area (Å²) in [7, 11) is 1.65. The lowest BCUT2D eigenvalue weighted by Gasteiger charge is -2.38. The van der Waals surface area contributed by atoms with Crippen LogP contribution in [0.3, 0.4) is 0 Å². The van der Waals surface area contributed by atoms with Crippen LogP contribution in [0.1, 0.15) is 50.8 Å². The van der Waals surface area contributed by atoms with Crippen LogP contribution in [-0.4, -0.2) is 36.9 Å². The number of carbonyl (C=O) groups excluding carboxylic acids is 2. The molecule has 0 spiro atoms. The van der Waals surface area contributed by atoms with Gasteiger partial charge >= 0.3 is 0 Å². The zero-order chi connectivity index (χ0) is 25.9. The number of rotatable bonds is 8. The highest BCUT2D eigenvalue weighted by Crippen LogP contribution is 2.48. The molecule has 186 valence electrons. The van der Waals surface area contributed by atoms with E-state index < -0.39 is 0 Å². The summed E-state index contributed by atoms with van der Waals surface area (Å²) in [6.07, 6.45) is 5.80. The summed E-state index contributed by atoms with van der Waals surface area (Å²) in [6, 6.07) is 4.14. The normalized spacial score (nSPS) is 17.5. The number of allylic oxidation sites excluding steroid dienone is 4. The molecular weight excluding hydrogens is 458 g/mol. The minimum Gasteiger partial charge on any atom is -0.496 e. The van der Waals surface area contributed by atoms with Gasteiger partial charge in [-0.25, -0.2) is 4.98 Å². The highest BCUT2D eigenvalue weighted by atomic mass is 32.1. The largest absolute Gasteiger partial charge is 0.496 e. The molecule has 0 bridgehead atoms. The molecule has 1 aromatic carbocycles. The first-order chi connectivity index (χ1) is 16.5. The summed E-state index contributed by atoms with van der Waals surface area (Å²) >= 11 is 1.62. The highest BCUT2D eigenvalue weighted by Gasteiger charge is 2.35. The Bertz CT molecular complexity index is 1210. The topological polar surface area (TPSA) is 65.5 Å². The molecule has 35 heavy (non-hydrogen) atoms. The number of methoxy groups -OCH3 is 1. The molecule has 0 saturated carbocycles. The summed E-state index contributed by atoms with van der Waals surface area (Å²) in [5.41, 5.74) is 4.75. The third-order valence-electron chi connectivity index (χ3n) is 6.41. The molecule has 1 unspecified atom stereocenters. The molecule has 1 aromatic heterocycles. The Morgan fingerprint density at radius 1 is 1.26 bits per heavy atom. The van der Waals surface area contributed by atoms with E-state index in [2.05, 4.69) is 38.4 Å². The predicted molar refractivity (Wildman–Crippen MR) is 143 cm³/mol. The minimum atomic E-state index is -0.338. The summed E-state index contributed by atoms with van der Waals surface area (Å²) < 4.78 is 11.0. The van der Waals surface area contributed by atoms with Crippen LogP contribution in [0.4, 0.5) is 0 Å². The van der Waals surface area contributed by atoms with Crippen LogP contribution < -0.4 is 4.74 Å². The van der Waals surface area contributed by atoms with Gasteiger partial charge in [0, 0.05) is 18.4 Å². The van der Waals surface area contributed by atoms with E-state index in [9.17, 15) is 9.59 Å². The quantitative estimate of drug-likeness (QED) is 0.242. The molecule has 1 heterocycles. The minimum absolute atomic E-state index is 0.0632. The van der Waals surface area contributed by atoms with Gasteiger partial charge < -0.3 is 9.47 Å². The maximum atomic E-state index is 13.3. The average molecular weight is 494 g/mol. The van der Waals surface area contributed by atoms with E-state index in [0.29, 0.717) is 12.4 Å². The van der Waals surface area contributed by atoms with Gasteiger partial charge in [-0.1, -0.05) is 33.4 Å². The fraction of sp³-hybridized carbons (Fsp3) is 0.414. The van der Waals surface area contributed by atoms with Crippen molar-refractivity contribution in [3.63, 3.8) is 0 Å². The molecule has 6 heteroatoms. The van der Waals surface area contributed by atoms with Crippen molar-refractivity contribution in [1.29, 1.82) is 0 Å². The number of ketones is 2. The second-order valence-corrected chi connectivity index (χ2v) is 11.0. The lowest BCUT2D eigenvalue weighted by atomic mass is 9.66. The standard InChI is InChI=1S/C29H35NO4S/c1-9-20(26(32)16-34-10-2)25(31)13-21-17(3)24(29(5,6)7)12-19-11-23(27(33-8)14-22(19)21)28-15-30-18(4)35-28/h9,11,13-15,24H,3,10,12,16H2,1-2,4-8H3/b20-9+,21-13+. The lowest BCUT2D eigenvalue weighted by Crippen LogP contribution is -2.29. The van der Waals surface area contributed by atoms with Gasteiger partial charge in [0.05, 0.1) is 22.6 Å². The van der Waals surface area contributed by atoms with Crippen molar-refractivity contribution in [2.24, 2.45) is 11.3 Å². The van der Waals surface area contributed by atoms with Crippen LogP contribution in [0.15, 0.2) is 48.2 Å². The van der Waals surface area contributed by atoms with Crippen molar-refractivity contribution in [2.75, 3.05) is 20.3 Å². The van der Waals surface area contributed by atoms with Crippen LogP contribution >= 0.6 is 11.3 Å². The van der Waals surface area contributed by atoms with Crippen LogP contribution in [-0.2, 0) is 20.7 Å². The number of hydrogen-bond acceptors (Lipinski definition) is 6. The lowest BCUT2D eigenvalue weighted by molar-refractivity contribution is -0.122. The smallest absolute Gasteiger partial charge is 0.192 e. The number of fused-ring (bicyclic) bond motifs is 1. The van der Waals surface area contributed by atoms with Crippen LogP contribution in [0.2, 0.25) is 0 Å². The number of carbonyl (C=O) groups is 2. The van der Waals surface area contributed by atoms with Crippen LogP contribution in [0, 0.1) is 18.3 Å².